The maximum atomic E-state index is 8.64. The van der Waals surface area contributed by atoms with Gasteiger partial charge in [0.25, 0.3) is 0 Å². The summed E-state index contributed by atoms with van der Waals surface area (Å²) in [4.78, 5) is 9.18. The summed E-state index contributed by atoms with van der Waals surface area (Å²) in [6.07, 6.45) is 0.872. The van der Waals surface area contributed by atoms with E-state index in [9.17, 15) is 0 Å². The van der Waals surface area contributed by atoms with E-state index in [0.29, 0.717) is 13.2 Å². The van der Waals surface area contributed by atoms with Gasteiger partial charge in [0, 0.05) is 31.2 Å². The lowest BCUT2D eigenvalue weighted by Gasteiger charge is -2.16. The summed E-state index contributed by atoms with van der Waals surface area (Å²) in [5.41, 5.74) is 1.04. The van der Waals surface area contributed by atoms with Crippen LogP contribution in [-0.4, -0.2) is 48.0 Å². The van der Waals surface area contributed by atoms with E-state index >= 15 is 0 Å². The first-order valence-corrected chi connectivity index (χ1v) is 7.65. The lowest BCUT2D eigenvalue weighted by molar-refractivity contribution is 0.0922. The molecule has 3 N–H and O–H groups in total. The highest BCUT2D eigenvalue weighted by atomic mass is 16.5. The zero-order valence-corrected chi connectivity index (χ0v) is 13.6. The Morgan fingerprint density at radius 3 is 2.38 bits per heavy atom. The quantitative estimate of drug-likeness (QED) is 0.574. The van der Waals surface area contributed by atoms with E-state index in [0.717, 1.165) is 42.5 Å². The molecule has 21 heavy (non-hydrogen) atoms. The van der Waals surface area contributed by atoms with Crippen molar-refractivity contribution in [2.45, 2.75) is 40.0 Å². The fourth-order valence-corrected chi connectivity index (χ4v) is 1.85. The summed E-state index contributed by atoms with van der Waals surface area (Å²) < 4.78 is 5.24. The second-order valence-electron chi connectivity index (χ2n) is 5.21. The number of anilines is 2. The third-order valence-corrected chi connectivity index (χ3v) is 3.02. The molecule has 6 heteroatoms. The van der Waals surface area contributed by atoms with E-state index in [1.54, 1.807) is 0 Å². The maximum absolute atomic E-state index is 8.64. The topological polar surface area (TPSA) is 79.3 Å². The maximum Gasteiger partial charge on any atom is 0.135 e. The largest absolute Gasteiger partial charge is 0.394 e. The Bertz CT molecular complexity index is 424. The van der Waals surface area contributed by atoms with Gasteiger partial charge in [-0.2, -0.15) is 0 Å². The summed E-state index contributed by atoms with van der Waals surface area (Å²) in [6, 6.07) is 0. The Morgan fingerprint density at radius 2 is 1.81 bits per heavy atom. The molecule has 1 aromatic rings. The number of nitrogens with zero attached hydrogens (tertiary/aromatic N) is 2. The van der Waals surface area contributed by atoms with Crippen LogP contribution in [0.4, 0.5) is 11.6 Å². The molecule has 120 valence electrons. The van der Waals surface area contributed by atoms with E-state index in [1.165, 1.54) is 0 Å². The molecule has 0 fully saturated rings. The average Bonchev–Trinajstić information content (AvgIpc) is 2.46. The fraction of sp³-hybridized carbons (Fsp3) is 0.733. The van der Waals surface area contributed by atoms with Crippen LogP contribution in [0.1, 0.15) is 44.5 Å². The molecule has 6 nitrogen and oxygen atoms in total. The van der Waals surface area contributed by atoms with Crippen molar-refractivity contribution in [3.8, 4) is 0 Å². The van der Waals surface area contributed by atoms with Gasteiger partial charge in [-0.05, 0) is 20.3 Å². The van der Waals surface area contributed by atoms with Crippen LogP contribution in [0.2, 0.25) is 0 Å². The van der Waals surface area contributed by atoms with E-state index < -0.39 is 0 Å². The van der Waals surface area contributed by atoms with Crippen molar-refractivity contribution < 1.29 is 9.84 Å². The number of aromatic nitrogens is 2. The number of hydrogen-bond donors (Lipinski definition) is 3. The van der Waals surface area contributed by atoms with Crippen LogP contribution in [-0.2, 0) is 4.74 Å². The minimum absolute atomic E-state index is 0.0717. The van der Waals surface area contributed by atoms with Gasteiger partial charge in [-0.25, -0.2) is 9.97 Å². The van der Waals surface area contributed by atoms with Crippen LogP contribution in [0.5, 0.6) is 0 Å². The van der Waals surface area contributed by atoms with Crippen LogP contribution in [0.25, 0.3) is 0 Å². The van der Waals surface area contributed by atoms with Gasteiger partial charge in [0.2, 0.25) is 0 Å². The second-order valence-corrected chi connectivity index (χ2v) is 5.21. The molecule has 0 saturated heterocycles. The number of aliphatic hydroxyl groups excluding tert-OH is 1. The van der Waals surface area contributed by atoms with E-state index in [4.69, 9.17) is 9.84 Å². The Balaban J connectivity index is 2.66. The lowest BCUT2D eigenvalue weighted by atomic mass is 10.2. The predicted octanol–water partition coefficient (Wildman–Crippen LogP) is 2.15. The second kappa shape index (κ2) is 9.52. The fourth-order valence-electron chi connectivity index (χ4n) is 1.85. The van der Waals surface area contributed by atoms with Crippen LogP contribution >= 0.6 is 0 Å². The minimum Gasteiger partial charge on any atom is -0.394 e. The van der Waals surface area contributed by atoms with Crippen molar-refractivity contribution >= 4 is 11.6 Å². The molecule has 0 aliphatic heterocycles. The Labute approximate surface area is 127 Å². The van der Waals surface area contributed by atoms with E-state index in [1.807, 2.05) is 6.92 Å². The third-order valence-electron chi connectivity index (χ3n) is 3.02. The molecule has 1 heterocycles. The molecule has 0 aliphatic carbocycles. The first-order valence-electron chi connectivity index (χ1n) is 7.65. The smallest absolute Gasteiger partial charge is 0.135 e. The average molecular weight is 296 g/mol. The highest BCUT2D eigenvalue weighted by Gasteiger charge is 2.12. The van der Waals surface area contributed by atoms with Gasteiger partial charge in [0.05, 0.1) is 13.2 Å². The van der Waals surface area contributed by atoms with Crippen LogP contribution in [0.15, 0.2) is 0 Å². The molecule has 0 radical (unpaired) electrons. The lowest BCUT2D eigenvalue weighted by Crippen LogP contribution is -2.14. The standard InChI is InChI=1S/C15H28N4O2/c1-5-16-14-12(4)15(19-13(18-14)11(2)3)17-7-6-9-21-10-8-20/h11,20H,5-10H2,1-4H3,(H2,16,17,18,19). The summed E-state index contributed by atoms with van der Waals surface area (Å²) in [5.74, 6) is 2.91. The van der Waals surface area contributed by atoms with Gasteiger partial charge in [-0.15, -0.1) is 0 Å². The predicted molar refractivity (Wildman–Crippen MR) is 86.0 cm³/mol. The Hall–Kier alpha value is -1.40. The van der Waals surface area contributed by atoms with Crippen LogP contribution < -0.4 is 10.6 Å². The number of nitrogens with one attached hydrogen (secondary N) is 2. The first kappa shape index (κ1) is 17.7. The first-order chi connectivity index (χ1) is 10.1. The van der Waals surface area contributed by atoms with Crippen LogP contribution in [0.3, 0.4) is 0 Å². The molecule has 0 bridgehead atoms. The number of aliphatic hydroxyl groups is 1. The Morgan fingerprint density at radius 1 is 1.14 bits per heavy atom. The van der Waals surface area contributed by atoms with E-state index in [2.05, 4.69) is 41.4 Å². The molecule has 0 aromatic carbocycles. The van der Waals surface area contributed by atoms with Gasteiger partial charge < -0.3 is 20.5 Å². The normalized spacial score (nSPS) is 11.0. The minimum atomic E-state index is 0.0717. The van der Waals surface area contributed by atoms with Crippen molar-refractivity contribution in [2.75, 3.05) is 43.5 Å². The van der Waals surface area contributed by atoms with Crippen molar-refractivity contribution in [3.05, 3.63) is 11.4 Å². The molecule has 0 unspecified atom stereocenters. The summed E-state index contributed by atoms with van der Waals surface area (Å²) in [7, 11) is 0. The molecule has 1 aromatic heterocycles. The monoisotopic (exact) mass is 296 g/mol. The molecule has 1 rings (SSSR count). The summed E-state index contributed by atoms with van der Waals surface area (Å²) >= 11 is 0. The zero-order valence-electron chi connectivity index (χ0n) is 13.6. The highest BCUT2D eigenvalue weighted by Crippen LogP contribution is 2.22. The van der Waals surface area contributed by atoms with Crippen molar-refractivity contribution in [3.63, 3.8) is 0 Å². The van der Waals surface area contributed by atoms with Gasteiger partial charge in [0.15, 0.2) is 0 Å². The van der Waals surface area contributed by atoms with Crippen molar-refractivity contribution in [1.82, 2.24) is 9.97 Å². The van der Waals surface area contributed by atoms with Crippen molar-refractivity contribution in [2.24, 2.45) is 0 Å². The van der Waals surface area contributed by atoms with Crippen LogP contribution in [0, 0.1) is 6.92 Å². The van der Waals surface area contributed by atoms with E-state index in [-0.39, 0.29) is 12.5 Å². The molecule has 0 aliphatic rings. The molecule has 0 atom stereocenters. The molecular weight excluding hydrogens is 268 g/mol. The highest BCUT2D eigenvalue weighted by molar-refractivity contribution is 5.57. The van der Waals surface area contributed by atoms with Gasteiger partial charge in [-0.3, -0.25) is 0 Å². The third kappa shape index (κ3) is 5.85. The van der Waals surface area contributed by atoms with Crippen molar-refractivity contribution in [1.29, 1.82) is 0 Å². The van der Waals surface area contributed by atoms with Gasteiger partial charge >= 0.3 is 0 Å². The summed E-state index contributed by atoms with van der Waals surface area (Å²) in [6.45, 7) is 11.0. The van der Waals surface area contributed by atoms with Gasteiger partial charge in [0.1, 0.15) is 17.5 Å². The summed E-state index contributed by atoms with van der Waals surface area (Å²) in [5, 5.41) is 15.3. The Kier molecular flexibility index (Phi) is 8.00. The number of ether oxygens (including phenoxy) is 1. The molecule has 0 amide bonds. The van der Waals surface area contributed by atoms with Gasteiger partial charge in [-0.1, -0.05) is 13.8 Å². The molecule has 0 saturated carbocycles. The number of hydrogen-bond acceptors (Lipinski definition) is 6. The number of rotatable bonds is 10. The zero-order chi connectivity index (χ0) is 15.7. The SMILES string of the molecule is CCNc1nc(C(C)C)nc(NCCCOCCO)c1C. The molecular formula is C15H28N4O2. The molecule has 0 spiro atoms.